The SMILES string of the molecule is CC(=O)c1cscc1S. The second kappa shape index (κ2) is 2.54. The molecule has 0 aliphatic carbocycles. The average molecular weight is 158 g/mol. The highest BCUT2D eigenvalue weighted by Gasteiger charge is 2.02. The van der Waals surface area contributed by atoms with Gasteiger partial charge in [-0.2, -0.15) is 11.3 Å². The van der Waals surface area contributed by atoms with Crippen LogP contribution in [0.5, 0.6) is 0 Å². The highest BCUT2D eigenvalue weighted by molar-refractivity contribution is 7.80. The first kappa shape index (κ1) is 6.83. The second-order valence-corrected chi connectivity index (χ2v) is 2.95. The maximum atomic E-state index is 10.7. The molecule has 1 aromatic heterocycles. The Bertz CT molecular complexity index is 227. The Morgan fingerprint density at radius 1 is 1.67 bits per heavy atom. The van der Waals surface area contributed by atoms with E-state index < -0.39 is 0 Å². The Morgan fingerprint density at radius 3 is 2.56 bits per heavy atom. The summed E-state index contributed by atoms with van der Waals surface area (Å²) in [5, 5.41) is 3.66. The maximum Gasteiger partial charge on any atom is 0.161 e. The molecule has 0 spiro atoms. The number of Topliss-reactive ketones (excluding diaryl/α,β-unsaturated/α-hetero) is 1. The monoisotopic (exact) mass is 158 g/mol. The first-order chi connectivity index (χ1) is 4.22. The molecule has 3 heteroatoms. The first-order valence-electron chi connectivity index (χ1n) is 2.48. The van der Waals surface area contributed by atoms with Crippen LogP contribution in [-0.2, 0) is 0 Å². The molecule has 0 N–H and O–H groups in total. The number of hydrogen-bond donors (Lipinski definition) is 1. The molecule has 0 aliphatic rings. The van der Waals surface area contributed by atoms with Crippen LogP contribution in [0.2, 0.25) is 0 Å². The quantitative estimate of drug-likeness (QED) is 0.490. The molecule has 1 nitrogen and oxygen atoms in total. The van der Waals surface area contributed by atoms with Gasteiger partial charge in [0.1, 0.15) is 0 Å². The second-order valence-electron chi connectivity index (χ2n) is 1.73. The Balaban J connectivity index is 3.08. The molecule has 0 unspecified atom stereocenters. The van der Waals surface area contributed by atoms with Gasteiger partial charge < -0.3 is 0 Å². The molecule has 0 saturated heterocycles. The van der Waals surface area contributed by atoms with Gasteiger partial charge >= 0.3 is 0 Å². The van der Waals surface area contributed by atoms with E-state index >= 15 is 0 Å². The summed E-state index contributed by atoms with van der Waals surface area (Å²) >= 11 is 5.58. The lowest BCUT2D eigenvalue weighted by Crippen LogP contribution is -1.87. The van der Waals surface area contributed by atoms with Crippen LogP contribution in [-0.4, -0.2) is 5.78 Å². The van der Waals surface area contributed by atoms with Crippen molar-refractivity contribution in [2.75, 3.05) is 0 Å². The standard InChI is InChI=1S/C6H6OS2/c1-4(7)5-2-9-3-6(5)8/h2-3,8H,1H3. The highest BCUT2D eigenvalue weighted by Crippen LogP contribution is 2.18. The van der Waals surface area contributed by atoms with Crippen LogP contribution in [0, 0.1) is 0 Å². The molecule has 0 aliphatic heterocycles. The lowest BCUT2D eigenvalue weighted by atomic mass is 10.2. The number of hydrogen-bond acceptors (Lipinski definition) is 3. The summed E-state index contributed by atoms with van der Waals surface area (Å²) in [6.45, 7) is 1.54. The number of thiol groups is 1. The van der Waals surface area contributed by atoms with Crippen LogP contribution < -0.4 is 0 Å². The molecule has 1 heterocycles. The fourth-order valence-corrected chi connectivity index (χ4v) is 1.80. The molecule has 0 amide bonds. The smallest absolute Gasteiger partial charge is 0.161 e. The van der Waals surface area contributed by atoms with E-state index in [9.17, 15) is 4.79 Å². The van der Waals surface area contributed by atoms with Gasteiger partial charge in [-0.15, -0.1) is 12.6 Å². The van der Waals surface area contributed by atoms with Crippen LogP contribution in [0.3, 0.4) is 0 Å². The summed E-state index contributed by atoms with van der Waals surface area (Å²) in [5.41, 5.74) is 0.725. The highest BCUT2D eigenvalue weighted by atomic mass is 32.1. The molecule has 0 aromatic carbocycles. The lowest BCUT2D eigenvalue weighted by molar-refractivity contribution is 0.101. The summed E-state index contributed by atoms with van der Waals surface area (Å²) in [6.07, 6.45) is 0. The Kier molecular flexibility index (Phi) is 1.93. The van der Waals surface area contributed by atoms with Gasteiger partial charge in [0.15, 0.2) is 5.78 Å². The fourth-order valence-electron chi connectivity index (χ4n) is 0.554. The third-order valence-electron chi connectivity index (χ3n) is 1.02. The van der Waals surface area contributed by atoms with Crippen molar-refractivity contribution in [1.29, 1.82) is 0 Å². The molecule has 0 saturated carbocycles. The van der Waals surface area contributed by atoms with Gasteiger partial charge in [-0.25, -0.2) is 0 Å². The van der Waals surface area contributed by atoms with Gasteiger partial charge in [-0.3, -0.25) is 4.79 Å². The minimum absolute atomic E-state index is 0.0845. The zero-order valence-electron chi connectivity index (χ0n) is 4.92. The van der Waals surface area contributed by atoms with Crippen LogP contribution in [0.4, 0.5) is 0 Å². The van der Waals surface area contributed by atoms with Crippen molar-refractivity contribution in [2.45, 2.75) is 11.8 Å². The Morgan fingerprint density at radius 2 is 2.33 bits per heavy atom. The van der Waals surface area contributed by atoms with Crippen molar-refractivity contribution < 1.29 is 4.79 Å². The zero-order valence-corrected chi connectivity index (χ0v) is 6.63. The third-order valence-corrected chi connectivity index (χ3v) is 2.31. The number of thiophene rings is 1. The van der Waals surface area contributed by atoms with Crippen molar-refractivity contribution >= 4 is 29.7 Å². The van der Waals surface area contributed by atoms with Crippen molar-refractivity contribution in [1.82, 2.24) is 0 Å². The van der Waals surface area contributed by atoms with E-state index in [1.165, 1.54) is 11.3 Å². The zero-order chi connectivity index (χ0) is 6.85. The van der Waals surface area contributed by atoms with Gasteiger partial charge in [0.2, 0.25) is 0 Å². The number of carbonyl (C=O) groups is 1. The molecular formula is C6H6OS2. The molecule has 1 aromatic rings. The van der Waals surface area contributed by atoms with Crippen LogP contribution in [0.15, 0.2) is 15.7 Å². The van der Waals surface area contributed by atoms with Crippen LogP contribution >= 0.6 is 24.0 Å². The Labute approximate surface area is 63.1 Å². The van der Waals surface area contributed by atoms with E-state index in [1.54, 1.807) is 6.92 Å². The van der Waals surface area contributed by atoms with Crippen LogP contribution in [0.1, 0.15) is 17.3 Å². The molecule has 1 rings (SSSR count). The van der Waals surface area contributed by atoms with E-state index in [2.05, 4.69) is 12.6 Å². The summed E-state index contributed by atoms with van der Waals surface area (Å²) in [5.74, 6) is 0.0845. The van der Waals surface area contributed by atoms with E-state index in [0.717, 1.165) is 10.5 Å². The maximum absolute atomic E-state index is 10.7. The van der Waals surface area contributed by atoms with Gasteiger partial charge in [0.25, 0.3) is 0 Å². The molecule has 0 radical (unpaired) electrons. The van der Waals surface area contributed by atoms with Crippen LogP contribution in [0.25, 0.3) is 0 Å². The van der Waals surface area contributed by atoms with Gasteiger partial charge in [0, 0.05) is 21.2 Å². The normalized spacial score (nSPS) is 9.56. The minimum atomic E-state index is 0.0845. The van der Waals surface area contributed by atoms with E-state index in [4.69, 9.17) is 0 Å². The number of rotatable bonds is 1. The molecule has 9 heavy (non-hydrogen) atoms. The molecule has 0 atom stereocenters. The Hall–Kier alpha value is -0.280. The van der Waals surface area contributed by atoms with Gasteiger partial charge in [0.05, 0.1) is 0 Å². The fraction of sp³-hybridized carbons (Fsp3) is 0.167. The third kappa shape index (κ3) is 1.34. The molecule has 0 bridgehead atoms. The average Bonchev–Trinajstić information content (AvgIpc) is 2.13. The molecular weight excluding hydrogens is 152 g/mol. The van der Waals surface area contributed by atoms with E-state index in [-0.39, 0.29) is 5.78 Å². The van der Waals surface area contributed by atoms with Gasteiger partial charge in [-0.1, -0.05) is 0 Å². The largest absolute Gasteiger partial charge is 0.294 e. The van der Waals surface area contributed by atoms with Crippen molar-refractivity contribution in [3.05, 3.63) is 16.3 Å². The topological polar surface area (TPSA) is 17.1 Å². The molecule has 0 fully saturated rings. The van der Waals surface area contributed by atoms with Gasteiger partial charge in [-0.05, 0) is 6.92 Å². The number of carbonyl (C=O) groups excluding carboxylic acids is 1. The predicted molar refractivity (Wildman–Crippen MR) is 41.6 cm³/mol. The van der Waals surface area contributed by atoms with Crippen molar-refractivity contribution in [3.63, 3.8) is 0 Å². The minimum Gasteiger partial charge on any atom is -0.294 e. The van der Waals surface area contributed by atoms with Crippen molar-refractivity contribution in [2.24, 2.45) is 0 Å². The number of ketones is 1. The summed E-state index contributed by atoms with van der Waals surface area (Å²) < 4.78 is 0. The molecule has 48 valence electrons. The predicted octanol–water partition coefficient (Wildman–Crippen LogP) is 2.24. The summed E-state index contributed by atoms with van der Waals surface area (Å²) in [6, 6.07) is 0. The summed E-state index contributed by atoms with van der Waals surface area (Å²) in [4.78, 5) is 11.5. The first-order valence-corrected chi connectivity index (χ1v) is 3.87. The summed E-state index contributed by atoms with van der Waals surface area (Å²) in [7, 11) is 0. The lowest BCUT2D eigenvalue weighted by Gasteiger charge is -1.87. The van der Waals surface area contributed by atoms with Crippen molar-refractivity contribution in [3.8, 4) is 0 Å². The van der Waals surface area contributed by atoms with E-state index in [1.807, 2.05) is 10.8 Å². The van der Waals surface area contributed by atoms with E-state index in [0.29, 0.717) is 0 Å².